The summed E-state index contributed by atoms with van der Waals surface area (Å²) in [5.74, 6) is 5.08. The number of halogens is 1. The zero-order chi connectivity index (χ0) is 16.1. The van der Waals surface area contributed by atoms with Crippen LogP contribution in [-0.4, -0.2) is 5.91 Å². The van der Waals surface area contributed by atoms with Crippen LogP contribution in [0.25, 0.3) is 0 Å². The monoisotopic (exact) mass is 321 g/mol. The molecule has 0 fully saturated rings. The molecule has 1 amide bonds. The van der Waals surface area contributed by atoms with Gasteiger partial charge in [-0.05, 0) is 41.8 Å². The van der Waals surface area contributed by atoms with Gasteiger partial charge in [-0.15, -0.1) is 11.3 Å². The van der Waals surface area contributed by atoms with Gasteiger partial charge in [-0.2, -0.15) is 0 Å². The summed E-state index contributed by atoms with van der Waals surface area (Å²) in [7, 11) is 0. The Morgan fingerprint density at radius 2 is 1.87 bits per heavy atom. The molecule has 0 aliphatic heterocycles. The van der Waals surface area contributed by atoms with Crippen LogP contribution in [0.3, 0.4) is 0 Å². The molecule has 23 heavy (non-hydrogen) atoms. The van der Waals surface area contributed by atoms with Gasteiger partial charge in [-0.1, -0.05) is 36.1 Å². The number of hydrogen-bond acceptors (Lipinski definition) is 2. The lowest BCUT2D eigenvalue weighted by atomic mass is 10.1. The summed E-state index contributed by atoms with van der Waals surface area (Å²) < 4.78 is 13.6. The van der Waals surface area contributed by atoms with Crippen molar-refractivity contribution in [1.29, 1.82) is 0 Å². The Morgan fingerprint density at radius 1 is 1.00 bits per heavy atom. The van der Waals surface area contributed by atoms with Crippen molar-refractivity contribution in [3.8, 4) is 11.8 Å². The summed E-state index contributed by atoms with van der Waals surface area (Å²) in [6.07, 6.45) is 0. The maximum atomic E-state index is 13.6. The van der Waals surface area contributed by atoms with Gasteiger partial charge in [0.05, 0.1) is 10.4 Å². The van der Waals surface area contributed by atoms with Crippen LogP contribution < -0.4 is 5.32 Å². The first kappa shape index (κ1) is 15.0. The highest BCUT2D eigenvalue weighted by Gasteiger charge is 2.10. The zero-order valence-electron chi connectivity index (χ0n) is 12.0. The van der Waals surface area contributed by atoms with E-state index in [2.05, 4.69) is 17.2 Å². The second kappa shape index (κ2) is 6.91. The Morgan fingerprint density at radius 3 is 2.65 bits per heavy atom. The van der Waals surface area contributed by atoms with Crippen molar-refractivity contribution in [1.82, 2.24) is 0 Å². The summed E-state index contributed by atoms with van der Waals surface area (Å²) in [6, 6.07) is 16.9. The molecule has 4 heteroatoms. The topological polar surface area (TPSA) is 29.1 Å². The van der Waals surface area contributed by atoms with Crippen LogP contribution in [0.4, 0.5) is 10.1 Å². The predicted octanol–water partition coefficient (Wildman–Crippen LogP) is 4.54. The van der Waals surface area contributed by atoms with Crippen molar-refractivity contribution in [2.45, 2.75) is 0 Å². The number of hydrogen-bond donors (Lipinski definition) is 1. The third kappa shape index (κ3) is 3.85. The summed E-state index contributed by atoms with van der Waals surface area (Å²) in [6.45, 7) is 0. The van der Waals surface area contributed by atoms with Gasteiger partial charge < -0.3 is 5.32 Å². The van der Waals surface area contributed by atoms with Gasteiger partial charge in [-0.25, -0.2) is 4.39 Å². The SMILES string of the molecule is O=C(Nc1cccc(C#Cc2cccs2)c1)c1ccccc1F. The van der Waals surface area contributed by atoms with Crippen LogP contribution in [0, 0.1) is 17.7 Å². The molecule has 2 aromatic carbocycles. The Labute approximate surface area is 137 Å². The predicted molar refractivity (Wildman–Crippen MR) is 91.1 cm³/mol. The fourth-order valence-electron chi connectivity index (χ4n) is 2.00. The molecule has 0 saturated carbocycles. The molecule has 3 rings (SSSR count). The Balaban J connectivity index is 1.78. The van der Waals surface area contributed by atoms with E-state index in [0.717, 1.165) is 10.4 Å². The maximum absolute atomic E-state index is 13.6. The van der Waals surface area contributed by atoms with E-state index in [9.17, 15) is 9.18 Å². The van der Waals surface area contributed by atoms with Gasteiger partial charge in [-0.3, -0.25) is 4.79 Å². The average molecular weight is 321 g/mol. The minimum absolute atomic E-state index is 0.0163. The van der Waals surface area contributed by atoms with E-state index >= 15 is 0 Å². The summed E-state index contributed by atoms with van der Waals surface area (Å²) in [5.41, 5.74) is 1.38. The smallest absolute Gasteiger partial charge is 0.258 e. The van der Waals surface area contributed by atoms with Crippen LogP contribution in [0.5, 0.6) is 0 Å². The van der Waals surface area contributed by atoms with E-state index in [-0.39, 0.29) is 5.56 Å². The fraction of sp³-hybridized carbons (Fsp3) is 0. The first-order valence-corrected chi connectivity index (χ1v) is 7.82. The van der Waals surface area contributed by atoms with Crippen LogP contribution in [0.1, 0.15) is 20.8 Å². The molecule has 0 bridgehead atoms. The van der Waals surface area contributed by atoms with Crippen LogP contribution in [-0.2, 0) is 0 Å². The molecule has 112 valence electrons. The highest BCUT2D eigenvalue weighted by atomic mass is 32.1. The summed E-state index contributed by atoms with van der Waals surface area (Å²) in [4.78, 5) is 13.1. The molecular weight excluding hydrogens is 309 g/mol. The Kier molecular flexibility index (Phi) is 4.51. The number of rotatable bonds is 2. The third-order valence-electron chi connectivity index (χ3n) is 3.09. The lowest BCUT2D eigenvalue weighted by molar-refractivity contribution is 0.102. The maximum Gasteiger partial charge on any atom is 0.258 e. The van der Waals surface area contributed by atoms with E-state index in [1.54, 1.807) is 41.7 Å². The van der Waals surface area contributed by atoms with Gasteiger partial charge in [0.25, 0.3) is 5.91 Å². The van der Waals surface area contributed by atoms with Crippen molar-refractivity contribution in [3.63, 3.8) is 0 Å². The van der Waals surface area contributed by atoms with Crippen molar-refractivity contribution >= 4 is 22.9 Å². The Hall–Kier alpha value is -2.90. The van der Waals surface area contributed by atoms with Crippen LogP contribution in [0.2, 0.25) is 0 Å². The summed E-state index contributed by atoms with van der Waals surface area (Å²) in [5, 5.41) is 4.66. The fourth-order valence-corrected chi connectivity index (χ4v) is 2.57. The van der Waals surface area contributed by atoms with Crippen LogP contribution >= 0.6 is 11.3 Å². The Bertz CT molecular complexity index is 891. The normalized spacial score (nSPS) is 9.78. The molecule has 0 radical (unpaired) electrons. The van der Waals surface area contributed by atoms with Gasteiger partial charge in [0.1, 0.15) is 5.82 Å². The van der Waals surface area contributed by atoms with Crippen LogP contribution in [0.15, 0.2) is 66.0 Å². The molecule has 0 unspecified atom stereocenters. The van der Waals surface area contributed by atoms with E-state index in [0.29, 0.717) is 5.69 Å². The van der Waals surface area contributed by atoms with E-state index in [4.69, 9.17) is 0 Å². The standard InChI is InChI=1S/C19H12FNOS/c20-18-9-2-1-8-17(18)19(22)21-15-6-3-5-14(13-15)10-11-16-7-4-12-23-16/h1-9,12-13H,(H,21,22). The number of nitrogens with one attached hydrogen (secondary N) is 1. The largest absolute Gasteiger partial charge is 0.322 e. The molecule has 1 heterocycles. The van der Waals surface area contributed by atoms with E-state index < -0.39 is 11.7 Å². The van der Waals surface area contributed by atoms with Gasteiger partial charge in [0.2, 0.25) is 0 Å². The first-order valence-electron chi connectivity index (χ1n) is 6.94. The molecule has 0 saturated heterocycles. The van der Waals surface area contributed by atoms with Crippen molar-refractivity contribution in [3.05, 3.63) is 87.9 Å². The lowest BCUT2D eigenvalue weighted by Gasteiger charge is -2.06. The van der Waals surface area contributed by atoms with Crippen molar-refractivity contribution in [2.24, 2.45) is 0 Å². The molecule has 2 nitrogen and oxygen atoms in total. The van der Waals surface area contributed by atoms with Gasteiger partial charge >= 0.3 is 0 Å². The first-order chi connectivity index (χ1) is 11.2. The molecule has 1 aromatic heterocycles. The van der Waals surface area contributed by atoms with Crippen molar-refractivity contribution < 1.29 is 9.18 Å². The van der Waals surface area contributed by atoms with Gasteiger partial charge in [0.15, 0.2) is 0 Å². The number of carbonyl (C=O) groups excluding carboxylic acids is 1. The second-order valence-corrected chi connectivity index (χ2v) is 5.69. The summed E-state index contributed by atoms with van der Waals surface area (Å²) >= 11 is 1.57. The third-order valence-corrected chi connectivity index (χ3v) is 3.88. The number of benzene rings is 2. The quantitative estimate of drug-likeness (QED) is 0.690. The number of amides is 1. The van der Waals surface area contributed by atoms with E-state index in [1.807, 2.05) is 23.6 Å². The molecule has 0 aliphatic rings. The highest BCUT2D eigenvalue weighted by Crippen LogP contribution is 2.14. The number of thiophene rings is 1. The molecule has 0 atom stereocenters. The van der Waals surface area contributed by atoms with Gasteiger partial charge in [0, 0.05) is 11.3 Å². The molecule has 1 N–H and O–H groups in total. The molecule has 0 spiro atoms. The highest BCUT2D eigenvalue weighted by molar-refractivity contribution is 7.10. The second-order valence-electron chi connectivity index (χ2n) is 4.74. The number of carbonyl (C=O) groups is 1. The average Bonchev–Trinajstić information content (AvgIpc) is 3.07. The number of anilines is 1. The minimum Gasteiger partial charge on any atom is -0.322 e. The van der Waals surface area contributed by atoms with E-state index in [1.165, 1.54) is 12.1 Å². The van der Waals surface area contributed by atoms with Crippen molar-refractivity contribution in [2.75, 3.05) is 5.32 Å². The zero-order valence-corrected chi connectivity index (χ0v) is 12.9. The molecule has 3 aromatic rings. The minimum atomic E-state index is -0.543. The molecular formula is C19H12FNOS. The lowest BCUT2D eigenvalue weighted by Crippen LogP contribution is -2.13. The molecule has 0 aliphatic carbocycles.